The van der Waals surface area contributed by atoms with Crippen LogP contribution in [-0.4, -0.2) is 24.6 Å². The van der Waals surface area contributed by atoms with E-state index in [9.17, 15) is 9.59 Å². The molecule has 0 spiro atoms. The van der Waals surface area contributed by atoms with Crippen molar-refractivity contribution < 1.29 is 19.1 Å². The summed E-state index contributed by atoms with van der Waals surface area (Å²) in [5.74, 6) is -0.357. The van der Waals surface area contributed by atoms with E-state index in [2.05, 4.69) is 32.2 Å². The zero-order valence-electron chi connectivity index (χ0n) is 22.8. The van der Waals surface area contributed by atoms with Crippen molar-refractivity contribution in [2.45, 2.75) is 141 Å². The molecule has 1 unspecified atom stereocenters. The van der Waals surface area contributed by atoms with Crippen molar-refractivity contribution in [1.82, 2.24) is 0 Å². The Bertz CT molecular complexity index is 552. The standard InChI is InChI=1S/C31H54O4/c1-4-7-9-11-15-19-23-27-31(33)35-29(25-21-10-8-5-2)26-22-18-16-13-12-14-17-20-24-28-34-30(32)6-3/h4,6,18,22,29H,1,3,5,7-17,19-21,23-28H2,2H3. The minimum Gasteiger partial charge on any atom is -0.463 e. The van der Waals surface area contributed by atoms with Crippen LogP contribution in [0, 0.1) is 0 Å². The van der Waals surface area contributed by atoms with Crippen LogP contribution in [0.3, 0.4) is 0 Å². The van der Waals surface area contributed by atoms with Gasteiger partial charge in [-0.05, 0) is 51.4 Å². The molecule has 0 radical (unpaired) electrons. The molecule has 0 aliphatic carbocycles. The van der Waals surface area contributed by atoms with Crippen LogP contribution in [-0.2, 0) is 19.1 Å². The predicted molar refractivity (Wildman–Crippen MR) is 148 cm³/mol. The number of carbonyl (C=O) groups excluding carboxylic acids is 2. The summed E-state index contributed by atoms with van der Waals surface area (Å²) in [6.07, 6.45) is 29.5. The molecule has 0 heterocycles. The lowest BCUT2D eigenvalue weighted by atomic mass is 10.1. The van der Waals surface area contributed by atoms with Crippen molar-refractivity contribution in [2.24, 2.45) is 0 Å². The van der Waals surface area contributed by atoms with E-state index in [1.807, 2.05) is 6.08 Å². The van der Waals surface area contributed by atoms with Crippen LogP contribution >= 0.6 is 0 Å². The van der Waals surface area contributed by atoms with Gasteiger partial charge >= 0.3 is 11.9 Å². The second-order valence-corrected chi connectivity index (χ2v) is 9.55. The lowest BCUT2D eigenvalue weighted by Crippen LogP contribution is -2.17. The smallest absolute Gasteiger partial charge is 0.330 e. The number of carbonyl (C=O) groups is 2. The molecule has 0 aromatic heterocycles. The number of hydrogen-bond donors (Lipinski definition) is 0. The normalized spacial score (nSPS) is 11.9. The van der Waals surface area contributed by atoms with E-state index in [-0.39, 0.29) is 18.0 Å². The fourth-order valence-electron chi connectivity index (χ4n) is 4.03. The van der Waals surface area contributed by atoms with Crippen LogP contribution in [0.15, 0.2) is 37.5 Å². The first-order valence-electron chi connectivity index (χ1n) is 14.4. The molecule has 4 heteroatoms. The first kappa shape index (κ1) is 33.2. The maximum Gasteiger partial charge on any atom is 0.330 e. The van der Waals surface area contributed by atoms with E-state index in [0.717, 1.165) is 57.8 Å². The third-order valence-corrected chi connectivity index (χ3v) is 6.21. The van der Waals surface area contributed by atoms with Crippen molar-refractivity contribution in [3.63, 3.8) is 0 Å². The minimum absolute atomic E-state index is 0.0239. The summed E-state index contributed by atoms with van der Waals surface area (Å²) in [5, 5.41) is 0. The molecule has 202 valence electrons. The van der Waals surface area contributed by atoms with Crippen LogP contribution in [0.2, 0.25) is 0 Å². The lowest BCUT2D eigenvalue weighted by molar-refractivity contribution is -0.149. The number of rotatable bonds is 26. The number of hydrogen-bond acceptors (Lipinski definition) is 4. The van der Waals surface area contributed by atoms with Crippen LogP contribution in [0.1, 0.15) is 135 Å². The monoisotopic (exact) mass is 490 g/mol. The summed E-state index contributed by atoms with van der Waals surface area (Å²) in [6.45, 7) is 9.86. The van der Waals surface area contributed by atoms with Crippen LogP contribution in [0.4, 0.5) is 0 Å². The largest absolute Gasteiger partial charge is 0.463 e. The average Bonchev–Trinajstić information content (AvgIpc) is 2.86. The minimum atomic E-state index is -0.333. The van der Waals surface area contributed by atoms with Gasteiger partial charge in [-0.15, -0.1) is 6.58 Å². The van der Waals surface area contributed by atoms with Gasteiger partial charge in [0.1, 0.15) is 6.10 Å². The first-order chi connectivity index (χ1) is 17.1. The molecular weight excluding hydrogens is 436 g/mol. The van der Waals surface area contributed by atoms with E-state index in [1.165, 1.54) is 70.3 Å². The molecule has 0 aromatic rings. The van der Waals surface area contributed by atoms with Crippen molar-refractivity contribution in [1.29, 1.82) is 0 Å². The maximum absolute atomic E-state index is 12.3. The maximum atomic E-state index is 12.3. The number of unbranched alkanes of at least 4 members (excludes halogenated alkanes) is 14. The van der Waals surface area contributed by atoms with E-state index in [0.29, 0.717) is 13.0 Å². The van der Waals surface area contributed by atoms with Crippen molar-refractivity contribution in [3.8, 4) is 0 Å². The molecule has 0 aromatic carbocycles. The van der Waals surface area contributed by atoms with Crippen molar-refractivity contribution in [2.75, 3.05) is 6.61 Å². The van der Waals surface area contributed by atoms with Crippen molar-refractivity contribution >= 4 is 11.9 Å². The summed E-state index contributed by atoms with van der Waals surface area (Å²) < 4.78 is 10.8. The van der Waals surface area contributed by atoms with Gasteiger partial charge in [0, 0.05) is 18.9 Å². The third kappa shape index (κ3) is 25.1. The highest BCUT2D eigenvalue weighted by Crippen LogP contribution is 2.15. The Labute approximate surface area is 216 Å². The zero-order chi connectivity index (χ0) is 25.8. The van der Waals surface area contributed by atoms with Crippen LogP contribution in [0.25, 0.3) is 0 Å². The molecule has 0 saturated heterocycles. The lowest BCUT2D eigenvalue weighted by Gasteiger charge is -2.16. The summed E-state index contributed by atoms with van der Waals surface area (Å²) in [6, 6.07) is 0. The highest BCUT2D eigenvalue weighted by Gasteiger charge is 2.13. The average molecular weight is 491 g/mol. The Morgan fingerprint density at radius 1 is 0.743 bits per heavy atom. The second-order valence-electron chi connectivity index (χ2n) is 9.55. The molecule has 0 aliphatic heterocycles. The molecule has 35 heavy (non-hydrogen) atoms. The highest BCUT2D eigenvalue weighted by atomic mass is 16.5. The van der Waals surface area contributed by atoms with Gasteiger partial charge in [0.05, 0.1) is 6.61 Å². The molecule has 4 nitrogen and oxygen atoms in total. The van der Waals surface area contributed by atoms with Crippen LogP contribution < -0.4 is 0 Å². The summed E-state index contributed by atoms with van der Waals surface area (Å²) >= 11 is 0. The Hall–Kier alpha value is -1.84. The third-order valence-electron chi connectivity index (χ3n) is 6.21. The van der Waals surface area contributed by atoms with Gasteiger partial charge in [-0.25, -0.2) is 4.79 Å². The van der Waals surface area contributed by atoms with Crippen LogP contribution in [0.5, 0.6) is 0 Å². The molecular formula is C31H54O4. The fraction of sp³-hybridized carbons (Fsp3) is 0.742. The molecule has 0 fully saturated rings. The highest BCUT2D eigenvalue weighted by molar-refractivity contribution is 5.81. The van der Waals surface area contributed by atoms with Gasteiger partial charge in [0.2, 0.25) is 0 Å². The first-order valence-corrected chi connectivity index (χ1v) is 14.4. The van der Waals surface area contributed by atoms with Gasteiger partial charge in [-0.1, -0.05) is 95.9 Å². The quantitative estimate of drug-likeness (QED) is 0.0525. The molecule has 0 saturated carbocycles. The molecule has 0 bridgehead atoms. The zero-order valence-corrected chi connectivity index (χ0v) is 22.8. The van der Waals surface area contributed by atoms with Gasteiger partial charge in [0.25, 0.3) is 0 Å². The molecule has 0 N–H and O–H groups in total. The van der Waals surface area contributed by atoms with E-state index >= 15 is 0 Å². The second kappa shape index (κ2) is 26.8. The molecule has 0 aliphatic rings. The number of ether oxygens (including phenoxy) is 2. The van der Waals surface area contributed by atoms with Gasteiger partial charge < -0.3 is 9.47 Å². The van der Waals surface area contributed by atoms with E-state index in [4.69, 9.17) is 9.47 Å². The topological polar surface area (TPSA) is 52.6 Å². The van der Waals surface area contributed by atoms with E-state index in [1.54, 1.807) is 0 Å². The summed E-state index contributed by atoms with van der Waals surface area (Å²) in [7, 11) is 0. The summed E-state index contributed by atoms with van der Waals surface area (Å²) in [5.41, 5.74) is 0. The number of allylic oxidation sites excluding steroid dienone is 2. The number of esters is 2. The Balaban J connectivity index is 3.96. The predicted octanol–water partition coefficient (Wildman–Crippen LogP) is 9.19. The molecule has 0 rings (SSSR count). The fourth-order valence-corrected chi connectivity index (χ4v) is 4.03. The molecule has 0 amide bonds. The molecule has 1 atom stereocenters. The van der Waals surface area contributed by atoms with Gasteiger partial charge in [-0.2, -0.15) is 0 Å². The Kier molecular flexibility index (Phi) is 25.4. The van der Waals surface area contributed by atoms with E-state index < -0.39 is 0 Å². The Morgan fingerprint density at radius 3 is 2.06 bits per heavy atom. The summed E-state index contributed by atoms with van der Waals surface area (Å²) in [4.78, 5) is 23.3. The SMILES string of the molecule is C=CCCCCCCCC(=O)OC(CC=CCCCCCCCCOC(=O)C=C)CCCCCC. The van der Waals surface area contributed by atoms with Gasteiger partial charge in [-0.3, -0.25) is 4.79 Å². The van der Waals surface area contributed by atoms with Gasteiger partial charge in [0.15, 0.2) is 0 Å². The Morgan fingerprint density at radius 2 is 1.37 bits per heavy atom. The van der Waals surface area contributed by atoms with Crippen molar-refractivity contribution in [3.05, 3.63) is 37.5 Å².